The lowest BCUT2D eigenvalue weighted by Crippen LogP contribution is -2.20. The summed E-state index contributed by atoms with van der Waals surface area (Å²) in [7, 11) is 0. The summed E-state index contributed by atoms with van der Waals surface area (Å²) in [5.41, 5.74) is 0.544. The molecule has 20 heavy (non-hydrogen) atoms. The van der Waals surface area contributed by atoms with Gasteiger partial charge in [0, 0.05) is 12.1 Å². The second kappa shape index (κ2) is 6.18. The van der Waals surface area contributed by atoms with E-state index >= 15 is 0 Å². The Hall–Kier alpha value is -1.68. The van der Waals surface area contributed by atoms with Crippen LogP contribution in [0.4, 0.5) is 18.9 Å². The molecular weight excluding hydrogens is 287 g/mol. The van der Waals surface area contributed by atoms with Crippen molar-refractivity contribution in [2.24, 2.45) is 0 Å². The third-order valence-corrected chi connectivity index (χ3v) is 3.18. The van der Waals surface area contributed by atoms with Crippen molar-refractivity contribution in [3.8, 4) is 0 Å². The number of hydrogen-bond acceptors (Lipinski definition) is 1. The van der Waals surface area contributed by atoms with Crippen molar-refractivity contribution in [3.63, 3.8) is 0 Å². The van der Waals surface area contributed by atoms with Crippen molar-refractivity contribution in [2.45, 2.75) is 19.4 Å². The van der Waals surface area contributed by atoms with Crippen LogP contribution in [-0.4, -0.2) is 6.04 Å². The lowest BCUT2D eigenvalue weighted by molar-refractivity contribution is 0.581. The molecule has 5 heteroatoms. The minimum absolute atomic E-state index is 0.0249. The molecule has 106 valence electrons. The van der Waals surface area contributed by atoms with E-state index in [1.54, 1.807) is 25.1 Å². The van der Waals surface area contributed by atoms with E-state index in [2.05, 4.69) is 5.32 Å². The fourth-order valence-corrected chi connectivity index (χ4v) is 2.22. The van der Waals surface area contributed by atoms with Gasteiger partial charge in [-0.2, -0.15) is 0 Å². The molecule has 2 aromatic carbocycles. The summed E-state index contributed by atoms with van der Waals surface area (Å²) in [5, 5.41) is 2.80. The first-order valence-corrected chi connectivity index (χ1v) is 6.49. The average Bonchev–Trinajstić information content (AvgIpc) is 2.36. The van der Waals surface area contributed by atoms with Crippen LogP contribution in [0, 0.1) is 17.5 Å². The Labute approximate surface area is 120 Å². The summed E-state index contributed by atoms with van der Waals surface area (Å²) < 4.78 is 40.1. The molecule has 1 atom stereocenters. The van der Waals surface area contributed by atoms with Gasteiger partial charge in [-0.05, 0) is 31.0 Å². The molecule has 0 aliphatic heterocycles. The summed E-state index contributed by atoms with van der Waals surface area (Å²) in [6, 6.07) is 7.89. The third kappa shape index (κ3) is 3.45. The summed E-state index contributed by atoms with van der Waals surface area (Å²) in [6.07, 6.45) is 0.361. The van der Waals surface area contributed by atoms with Crippen molar-refractivity contribution in [1.29, 1.82) is 0 Å². The van der Waals surface area contributed by atoms with Crippen molar-refractivity contribution in [2.75, 3.05) is 5.32 Å². The van der Waals surface area contributed by atoms with Crippen LogP contribution in [0.1, 0.15) is 12.5 Å². The topological polar surface area (TPSA) is 12.0 Å². The monoisotopic (exact) mass is 299 g/mol. The normalized spacial score (nSPS) is 12.2. The largest absolute Gasteiger partial charge is 0.379 e. The van der Waals surface area contributed by atoms with Gasteiger partial charge in [0.25, 0.3) is 0 Å². The fourth-order valence-electron chi connectivity index (χ4n) is 1.97. The smallest absolute Gasteiger partial charge is 0.150 e. The zero-order valence-electron chi connectivity index (χ0n) is 10.8. The van der Waals surface area contributed by atoms with Crippen LogP contribution in [0.25, 0.3) is 0 Å². The molecule has 1 nitrogen and oxygen atoms in total. The van der Waals surface area contributed by atoms with Gasteiger partial charge in [0.05, 0.1) is 10.7 Å². The molecular formula is C15H13ClF3N. The average molecular weight is 300 g/mol. The summed E-state index contributed by atoms with van der Waals surface area (Å²) >= 11 is 5.80. The standard InChI is InChI=1S/C15H13ClF3N/c1-9(6-10-4-2-3-5-13(10)18)20-15-12(16)7-11(17)8-14(15)19/h2-5,7-9,20H,6H2,1H3. The molecule has 1 N–H and O–H groups in total. The predicted molar refractivity (Wildman–Crippen MR) is 74.6 cm³/mol. The van der Waals surface area contributed by atoms with Crippen LogP contribution in [0.5, 0.6) is 0 Å². The summed E-state index contributed by atoms with van der Waals surface area (Å²) in [4.78, 5) is 0. The minimum atomic E-state index is -0.768. The second-order valence-corrected chi connectivity index (χ2v) is 4.99. The van der Waals surface area contributed by atoms with Gasteiger partial charge in [0.15, 0.2) is 5.82 Å². The minimum Gasteiger partial charge on any atom is -0.379 e. The number of rotatable bonds is 4. The molecule has 0 aromatic heterocycles. The molecule has 1 unspecified atom stereocenters. The Morgan fingerprint density at radius 1 is 1.10 bits per heavy atom. The molecule has 0 saturated heterocycles. The maximum absolute atomic E-state index is 13.6. The number of benzene rings is 2. The molecule has 0 bridgehead atoms. The van der Waals surface area contributed by atoms with Gasteiger partial charge in [-0.3, -0.25) is 0 Å². The quantitative estimate of drug-likeness (QED) is 0.855. The van der Waals surface area contributed by atoms with Crippen LogP contribution < -0.4 is 5.32 Å². The zero-order valence-corrected chi connectivity index (χ0v) is 11.5. The van der Waals surface area contributed by atoms with Gasteiger partial charge in [0.2, 0.25) is 0 Å². The fraction of sp³-hybridized carbons (Fsp3) is 0.200. The Kier molecular flexibility index (Phi) is 4.55. The maximum atomic E-state index is 13.6. The van der Waals surface area contributed by atoms with Crippen LogP contribution in [0.15, 0.2) is 36.4 Å². The van der Waals surface area contributed by atoms with Gasteiger partial charge < -0.3 is 5.32 Å². The molecule has 0 amide bonds. The highest BCUT2D eigenvalue weighted by molar-refractivity contribution is 6.33. The SMILES string of the molecule is CC(Cc1ccccc1F)Nc1c(F)cc(F)cc1Cl. The molecule has 2 aromatic rings. The van der Waals surface area contributed by atoms with Gasteiger partial charge >= 0.3 is 0 Å². The first-order chi connectivity index (χ1) is 9.47. The lowest BCUT2D eigenvalue weighted by Gasteiger charge is -2.17. The van der Waals surface area contributed by atoms with Gasteiger partial charge in [-0.25, -0.2) is 13.2 Å². The second-order valence-electron chi connectivity index (χ2n) is 4.59. The zero-order chi connectivity index (χ0) is 14.7. The van der Waals surface area contributed by atoms with Crippen LogP contribution in [-0.2, 0) is 6.42 Å². The van der Waals surface area contributed by atoms with Crippen molar-refractivity contribution in [3.05, 3.63) is 64.4 Å². The number of anilines is 1. The van der Waals surface area contributed by atoms with E-state index in [4.69, 9.17) is 11.6 Å². The van der Waals surface area contributed by atoms with Gasteiger partial charge in [0.1, 0.15) is 11.6 Å². The first-order valence-electron chi connectivity index (χ1n) is 6.12. The molecule has 0 aliphatic rings. The first kappa shape index (κ1) is 14.7. The Morgan fingerprint density at radius 2 is 1.80 bits per heavy atom. The van der Waals surface area contributed by atoms with Crippen molar-refractivity contribution >= 4 is 17.3 Å². The number of hydrogen-bond donors (Lipinski definition) is 1. The number of halogens is 4. The Morgan fingerprint density at radius 3 is 2.45 bits per heavy atom. The molecule has 2 rings (SSSR count). The molecule has 0 saturated carbocycles. The molecule has 0 radical (unpaired) electrons. The Balaban J connectivity index is 2.13. The van der Waals surface area contributed by atoms with Gasteiger partial charge in [-0.15, -0.1) is 0 Å². The molecule has 0 spiro atoms. The van der Waals surface area contributed by atoms with E-state index < -0.39 is 11.6 Å². The van der Waals surface area contributed by atoms with Crippen LogP contribution in [0.3, 0.4) is 0 Å². The highest BCUT2D eigenvalue weighted by Gasteiger charge is 2.14. The van der Waals surface area contributed by atoms with Crippen molar-refractivity contribution < 1.29 is 13.2 Å². The number of nitrogens with one attached hydrogen (secondary N) is 1. The van der Waals surface area contributed by atoms with Crippen LogP contribution in [0.2, 0.25) is 5.02 Å². The molecule has 0 heterocycles. The molecule has 0 fully saturated rings. The van der Waals surface area contributed by atoms with Gasteiger partial charge in [-0.1, -0.05) is 29.8 Å². The van der Waals surface area contributed by atoms with Crippen molar-refractivity contribution in [1.82, 2.24) is 0 Å². The highest BCUT2D eigenvalue weighted by atomic mass is 35.5. The van der Waals surface area contributed by atoms with E-state index in [1.165, 1.54) is 6.07 Å². The van der Waals surface area contributed by atoms with E-state index in [0.29, 0.717) is 12.0 Å². The lowest BCUT2D eigenvalue weighted by atomic mass is 10.1. The third-order valence-electron chi connectivity index (χ3n) is 2.88. The van der Waals surface area contributed by atoms with E-state index in [-0.39, 0.29) is 22.6 Å². The highest BCUT2D eigenvalue weighted by Crippen LogP contribution is 2.27. The molecule has 0 aliphatic carbocycles. The summed E-state index contributed by atoms with van der Waals surface area (Å²) in [5.74, 6) is -1.82. The van der Waals surface area contributed by atoms with Crippen LogP contribution >= 0.6 is 11.6 Å². The van der Waals surface area contributed by atoms with E-state index in [0.717, 1.165) is 12.1 Å². The van der Waals surface area contributed by atoms with E-state index in [9.17, 15) is 13.2 Å². The Bertz CT molecular complexity index is 593. The maximum Gasteiger partial charge on any atom is 0.150 e. The predicted octanol–water partition coefficient (Wildman–Crippen LogP) is 4.80. The summed E-state index contributed by atoms with van der Waals surface area (Å²) in [6.45, 7) is 1.77. The van der Waals surface area contributed by atoms with E-state index in [1.807, 2.05) is 0 Å².